The summed E-state index contributed by atoms with van der Waals surface area (Å²) in [5, 5.41) is 0. The van der Waals surface area contributed by atoms with Gasteiger partial charge in [0, 0.05) is 11.5 Å². The van der Waals surface area contributed by atoms with Gasteiger partial charge in [-0.15, -0.1) is 0 Å². The molecule has 1 aliphatic carbocycles. The first-order chi connectivity index (χ1) is 12.5. The topological polar surface area (TPSA) is 18.5 Å². The van der Waals surface area contributed by atoms with Crippen molar-refractivity contribution in [3.05, 3.63) is 35.9 Å². The molecule has 0 N–H and O–H groups in total. The Morgan fingerprint density at radius 3 is 2.81 bits per heavy atom. The largest absolute Gasteiger partial charge is 0.489 e. The maximum Gasteiger partial charge on any atom is 0.127 e. The SMILES string of the molecule is C=CCOc1cc(CCCCC)cc2c1[C@@H]1CC(C)CC[C@H]1C(C)(C)O2. The van der Waals surface area contributed by atoms with E-state index in [-0.39, 0.29) is 5.60 Å². The second-order valence-corrected chi connectivity index (χ2v) is 8.90. The van der Waals surface area contributed by atoms with E-state index >= 15 is 0 Å². The first kappa shape index (κ1) is 19.3. The summed E-state index contributed by atoms with van der Waals surface area (Å²) in [4.78, 5) is 0. The highest BCUT2D eigenvalue weighted by Crippen LogP contribution is 2.55. The molecule has 0 radical (unpaired) electrons. The minimum absolute atomic E-state index is 0.102. The predicted octanol–water partition coefficient (Wildman–Crippen LogP) is 6.67. The molecule has 1 fully saturated rings. The van der Waals surface area contributed by atoms with Crippen LogP contribution in [0.1, 0.15) is 83.3 Å². The van der Waals surface area contributed by atoms with Gasteiger partial charge >= 0.3 is 0 Å². The zero-order valence-corrected chi connectivity index (χ0v) is 17.1. The van der Waals surface area contributed by atoms with Crippen molar-refractivity contribution in [2.24, 2.45) is 11.8 Å². The van der Waals surface area contributed by atoms with E-state index in [0.29, 0.717) is 18.4 Å². The summed E-state index contributed by atoms with van der Waals surface area (Å²) in [6.07, 6.45) is 10.5. The van der Waals surface area contributed by atoms with Crippen LogP contribution in [0, 0.1) is 11.8 Å². The first-order valence-corrected chi connectivity index (χ1v) is 10.6. The van der Waals surface area contributed by atoms with Crippen LogP contribution in [0.2, 0.25) is 0 Å². The van der Waals surface area contributed by atoms with Gasteiger partial charge in [0.1, 0.15) is 23.7 Å². The van der Waals surface area contributed by atoms with Gasteiger partial charge in [-0.25, -0.2) is 0 Å². The number of ether oxygens (including phenoxy) is 2. The van der Waals surface area contributed by atoms with E-state index in [4.69, 9.17) is 9.47 Å². The smallest absolute Gasteiger partial charge is 0.127 e. The standard InChI is InChI=1S/C24H36O2/c1-6-8-9-10-18-15-21(25-13-7-2)23-19-14-17(3)11-12-20(19)24(4,5)26-22(23)16-18/h7,15-17,19-20H,2,6,8-14H2,1,3-5H3/t17?,19-,20-/m1/s1. The quantitative estimate of drug-likeness (QED) is 0.401. The monoisotopic (exact) mass is 356 g/mol. The van der Waals surface area contributed by atoms with Crippen molar-refractivity contribution in [1.82, 2.24) is 0 Å². The summed E-state index contributed by atoms with van der Waals surface area (Å²) < 4.78 is 12.7. The molecule has 1 aliphatic heterocycles. The lowest BCUT2D eigenvalue weighted by Gasteiger charge is -2.49. The van der Waals surface area contributed by atoms with Gasteiger partial charge < -0.3 is 9.47 Å². The highest BCUT2D eigenvalue weighted by molar-refractivity contribution is 5.52. The Morgan fingerprint density at radius 2 is 2.08 bits per heavy atom. The fraction of sp³-hybridized carbons (Fsp3) is 0.667. The molecule has 144 valence electrons. The Labute approximate surface area is 160 Å². The van der Waals surface area contributed by atoms with Crippen LogP contribution in [0.4, 0.5) is 0 Å². The molecule has 3 atom stereocenters. The van der Waals surface area contributed by atoms with Crippen LogP contribution in [0.3, 0.4) is 0 Å². The van der Waals surface area contributed by atoms with Crippen LogP contribution in [-0.2, 0) is 6.42 Å². The van der Waals surface area contributed by atoms with Crippen LogP contribution in [0.5, 0.6) is 11.5 Å². The molecule has 1 aromatic carbocycles. The molecule has 0 bridgehead atoms. The van der Waals surface area contributed by atoms with Crippen molar-refractivity contribution in [3.8, 4) is 11.5 Å². The molecule has 1 aromatic rings. The molecule has 26 heavy (non-hydrogen) atoms. The van der Waals surface area contributed by atoms with Crippen molar-refractivity contribution in [2.75, 3.05) is 6.61 Å². The molecular formula is C24H36O2. The molecule has 1 unspecified atom stereocenters. The van der Waals surface area contributed by atoms with E-state index in [2.05, 4.69) is 46.4 Å². The lowest BCUT2D eigenvalue weighted by Crippen LogP contribution is -2.46. The van der Waals surface area contributed by atoms with E-state index < -0.39 is 0 Å². The number of rotatable bonds is 7. The Balaban J connectivity index is 2.00. The minimum Gasteiger partial charge on any atom is -0.489 e. The molecule has 1 heterocycles. The molecule has 3 rings (SSSR count). The zero-order chi connectivity index (χ0) is 18.7. The molecule has 1 saturated carbocycles. The van der Waals surface area contributed by atoms with Crippen LogP contribution in [0.15, 0.2) is 24.8 Å². The summed E-state index contributed by atoms with van der Waals surface area (Å²) in [7, 11) is 0. The number of hydrogen-bond donors (Lipinski definition) is 0. The molecule has 0 aromatic heterocycles. The number of benzene rings is 1. The van der Waals surface area contributed by atoms with E-state index in [9.17, 15) is 0 Å². The third-order valence-corrected chi connectivity index (χ3v) is 6.34. The fourth-order valence-corrected chi connectivity index (χ4v) is 4.99. The first-order valence-electron chi connectivity index (χ1n) is 10.6. The van der Waals surface area contributed by atoms with Crippen molar-refractivity contribution in [1.29, 1.82) is 0 Å². The maximum absolute atomic E-state index is 6.59. The minimum atomic E-state index is -0.102. The highest BCUT2D eigenvalue weighted by Gasteiger charge is 2.47. The molecule has 2 aliphatic rings. The summed E-state index contributed by atoms with van der Waals surface area (Å²) in [5.74, 6) is 3.99. The van der Waals surface area contributed by atoms with Gasteiger partial charge in [-0.2, -0.15) is 0 Å². The molecule has 0 spiro atoms. The summed E-state index contributed by atoms with van der Waals surface area (Å²) in [5.41, 5.74) is 2.56. The fourth-order valence-electron chi connectivity index (χ4n) is 4.99. The highest BCUT2D eigenvalue weighted by atomic mass is 16.5. The van der Waals surface area contributed by atoms with E-state index in [0.717, 1.165) is 23.8 Å². The van der Waals surface area contributed by atoms with Gasteiger partial charge in [-0.1, -0.05) is 45.8 Å². The summed E-state index contributed by atoms with van der Waals surface area (Å²) >= 11 is 0. The van der Waals surface area contributed by atoms with Gasteiger partial charge in [0.05, 0.1) is 0 Å². The normalized spacial score (nSPS) is 26.4. The molecular weight excluding hydrogens is 320 g/mol. The average molecular weight is 357 g/mol. The van der Waals surface area contributed by atoms with E-state index in [1.807, 2.05) is 6.08 Å². The van der Waals surface area contributed by atoms with E-state index in [1.54, 1.807) is 0 Å². The van der Waals surface area contributed by atoms with E-state index in [1.165, 1.54) is 49.7 Å². The van der Waals surface area contributed by atoms with Crippen LogP contribution in [-0.4, -0.2) is 12.2 Å². The van der Waals surface area contributed by atoms with Gasteiger partial charge in [0.25, 0.3) is 0 Å². The Morgan fingerprint density at radius 1 is 1.27 bits per heavy atom. The molecule has 2 heteroatoms. The number of fused-ring (bicyclic) bond motifs is 3. The summed E-state index contributed by atoms with van der Waals surface area (Å²) in [6.45, 7) is 13.6. The Hall–Kier alpha value is -1.44. The predicted molar refractivity (Wildman–Crippen MR) is 109 cm³/mol. The van der Waals surface area contributed by atoms with Crippen LogP contribution < -0.4 is 9.47 Å². The van der Waals surface area contributed by atoms with Gasteiger partial charge in [-0.05, 0) is 69.1 Å². The number of unbranched alkanes of at least 4 members (excludes halogenated alkanes) is 2. The molecule has 0 saturated heterocycles. The third-order valence-electron chi connectivity index (χ3n) is 6.34. The van der Waals surface area contributed by atoms with Crippen LogP contribution >= 0.6 is 0 Å². The molecule has 0 amide bonds. The zero-order valence-electron chi connectivity index (χ0n) is 17.1. The summed E-state index contributed by atoms with van der Waals surface area (Å²) in [6, 6.07) is 4.57. The Bertz CT molecular complexity index is 631. The number of aryl methyl sites for hydroxylation is 1. The van der Waals surface area contributed by atoms with Crippen molar-refractivity contribution >= 4 is 0 Å². The second-order valence-electron chi connectivity index (χ2n) is 8.90. The Kier molecular flexibility index (Phi) is 5.99. The van der Waals surface area contributed by atoms with Crippen molar-refractivity contribution in [2.45, 2.75) is 84.2 Å². The van der Waals surface area contributed by atoms with Gasteiger partial charge in [0.15, 0.2) is 0 Å². The van der Waals surface area contributed by atoms with Gasteiger partial charge in [0.2, 0.25) is 0 Å². The van der Waals surface area contributed by atoms with Gasteiger partial charge in [-0.3, -0.25) is 0 Å². The second kappa shape index (κ2) is 8.06. The van der Waals surface area contributed by atoms with Crippen LogP contribution in [0.25, 0.3) is 0 Å². The lowest BCUT2D eigenvalue weighted by atomic mass is 9.64. The molecule has 2 nitrogen and oxygen atoms in total. The van der Waals surface area contributed by atoms with Crippen molar-refractivity contribution in [3.63, 3.8) is 0 Å². The van der Waals surface area contributed by atoms with Crippen molar-refractivity contribution < 1.29 is 9.47 Å². The number of hydrogen-bond acceptors (Lipinski definition) is 2. The average Bonchev–Trinajstić information content (AvgIpc) is 2.58. The third kappa shape index (κ3) is 3.94. The maximum atomic E-state index is 6.59. The lowest BCUT2D eigenvalue weighted by molar-refractivity contribution is -0.0147.